The van der Waals surface area contributed by atoms with Crippen LogP contribution >= 0.6 is 0 Å². The molecule has 0 atom stereocenters. The lowest BCUT2D eigenvalue weighted by Gasteiger charge is -2.08. The molecule has 2 aromatic rings. The van der Waals surface area contributed by atoms with E-state index in [1.807, 2.05) is 0 Å². The van der Waals surface area contributed by atoms with Gasteiger partial charge in [0.15, 0.2) is 6.61 Å². The summed E-state index contributed by atoms with van der Waals surface area (Å²) in [6.45, 7) is -0.628. The van der Waals surface area contributed by atoms with Crippen LogP contribution in [0.15, 0.2) is 42.5 Å². The molecule has 0 radical (unpaired) electrons. The van der Waals surface area contributed by atoms with Crippen LogP contribution in [0.3, 0.4) is 0 Å². The number of amides is 1. The van der Waals surface area contributed by atoms with Crippen LogP contribution in [0.2, 0.25) is 0 Å². The van der Waals surface area contributed by atoms with Gasteiger partial charge in [-0.3, -0.25) is 4.79 Å². The highest BCUT2D eigenvalue weighted by Crippen LogP contribution is 2.12. The normalized spacial score (nSPS) is 9.73. The monoisotopic (exact) mass is 356 g/mol. The lowest BCUT2D eigenvalue weighted by molar-refractivity contribution is -0.119. The topological polar surface area (TPSA) is 105 Å². The Kier molecular flexibility index (Phi) is 6.01. The first-order valence-corrected chi connectivity index (χ1v) is 7.29. The summed E-state index contributed by atoms with van der Waals surface area (Å²) in [6, 6.07) is 10.9. The summed E-state index contributed by atoms with van der Waals surface area (Å²) in [4.78, 5) is 34.9. The summed E-state index contributed by atoms with van der Waals surface area (Å²) >= 11 is 0. The Labute approximate surface area is 147 Å². The molecular formula is C18H13FN2O5. The van der Waals surface area contributed by atoms with E-state index in [0.717, 1.165) is 12.1 Å². The van der Waals surface area contributed by atoms with E-state index in [1.165, 1.54) is 37.4 Å². The quantitative estimate of drug-likeness (QED) is 0.824. The second-order valence-electron chi connectivity index (χ2n) is 5.00. The van der Waals surface area contributed by atoms with Gasteiger partial charge in [-0.2, -0.15) is 5.26 Å². The molecule has 0 aliphatic carbocycles. The van der Waals surface area contributed by atoms with Gasteiger partial charge < -0.3 is 14.8 Å². The molecule has 0 aliphatic heterocycles. The van der Waals surface area contributed by atoms with Crippen molar-refractivity contribution in [3.8, 4) is 6.07 Å². The predicted octanol–water partition coefficient (Wildman–Crippen LogP) is 2.28. The van der Waals surface area contributed by atoms with Crippen molar-refractivity contribution in [2.45, 2.75) is 0 Å². The molecule has 7 nitrogen and oxygen atoms in total. The molecule has 2 rings (SSSR count). The van der Waals surface area contributed by atoms with E-state index in [9.17, 15) is 18.8 Å². The van der Waals surface area contributed by atoms with E-state index in [2.05, 4.69) is 10.1 Å². The first kappa shape index (κ1) is 18.6. The molecule has 0 saturated carbocycles. The number of rotatable bonds is 5. The third-order valence-electron chi connectivity index (χ3n) is 3.24. The highest BCUT2D eigenvalue weighted by atomic mass is 19.1. The number of ether oxygens (including phenoxy) is 2. The fourth-order valence-electron chi connectivity index (χ4n) is 1.96. The van der Waals surface area contributed by atoms with Crippen molar-refractivity contribution in [3.05, 3.63) is 65.0 Å². The minimum absolute atomic E-state index is 0.0622. The number of anilines is 1. The molecule has 0 saturated heterocycles. The van der Waals surface area contributed by atoms with Crippen LogP contribution in [0.5, 0.6) is 0 Å². The summed E-state index contributed by atoms with van der Waals surface area (Å²) in [7, 11) is 1.25. The average Bonchev–Trinajstić information content (AvgIpc) is 2.65. The molecule has 0 aliphatic rings. The molecule has 0 unspecified atom stereocenters. The molecule has 0 heterocycles. The van der Waals surface area contributed by atoms with Crippen molar-refractivity contribution in [2.24, 2.45) is 0 Å². The molecule has 1 N–H and O–H groups in total. The smallest absolute Gasteiger partial charge is 0.341 e. The third kappa shape index (κ3) is 4.64. The van der Waals surface area contributed by atoms with Crippen LogP contribution in [0.25, 0.3) is 0 Å². The maximum absolute atomic E-state index is 13.7. The van der Waals surface area contributed by atoms with Crippen molar-refractivity contribution in [3.63, 3.8) is 0 Å². The zero-order valence-electron chi connectivity index (χ0n) is 13.6. The molecule has 0 fully saturated rings. The lowest BCUT2D eigenvalue weighted by Crippen LogP contribution is -2.21. The van der Waals surface area contributed by atoms with Crippen molar-refractivity contribution in [2.75, 3.05) is 19.0 Å². The van der Waals surface area contributed by atoms with Gasteiger partial charge in [-0.1, -0.05) is 0 Å². The van der Waals surface area contributed by atoms with Gasteiger partial charge in [-0.25, -0.2) is 14.0 Å². The largest absolute Gasteiger partial charge is 0.465 e. The van der Waals surface area contributed by atoms with Crippen LogP contribution in [-0.2, 0) is 14.3 Å². The van der Waals surface area contributed by atoms with Crippen LogP contribution < -0.4 is 5.32 Å². The van der Waals surface area contributed by atoms with Gasteiger partial charge in [0, 0.05) is 5.69 Å². The minimum atomic E-state index is -1.02. The van der Waals surface area contributed by atoms with E-state index in [4.69, 9.17) is 10.00 Å². The van der Waals surface area contributed by atoms with E-state index in [-0.39, 0.29) is 11.1 Å². The Morgan fingerprint density at radius 2 is 1.81 bits per heavy atom. The first-order chi connectivity index (χ1) is 12.4. The predicted molar refractivity (Wildman–Crippen MR) is 87.8 cm³/mol. The van der Waals surface area contributed by atoms with Gasteiger partial charge in [0.1, 0.15) is 5.82 Å². The van der Waals surface area contributed by atoms with Crippen molar-refractivity contribution >= 4 is 23.5 Å². The molecule has 8 heteroatoms. The number of benzene rings is 2. The summed E-state index contributed by atoms with van der Waals surface area (Å²) in [5, 5.41) is 11.1. The number of halogens is 1. The fourth-order valence-corrected chi connectivity index (χ4v) is 1.96. The summed E-state index contributed by atoms with van der Waals surface area (Å²) in [6.07, 6.45) is 0. The zero-order chi connectivity index (χ0) is 19.1. The summed E-state index contributed by atoms with van der Waals surface area (Å²) in [5.41, 5.74) is 0.378. The number of esters is 2. The van der Waals surface area contributed by atoms with Crippen molar-refractivity contribution in [1.29, 1.82) is 5.26 Å². The van der Waals surface area contributed by atoms with Gasteiger partial charge in [-0.05, 0) is 42.5 Å². The van der Waals surface area contributed by atoms with Gasteiger partial charge in [-0.15, -0.1) is 0 Å². The highest BCUT2D eigenvalue weighted by Gasteiger charge is 2.15. The Morgan fingerprint density at radius 3 is 2.38 bits per heavy atom. The Balaban J connectivity index is 1.91. The highest BCUT2D eigenvalue weighted by molar-refractivity contribution is 5.96. The van der Waals surface area contributed by atoms with Crippen molar-refractivity contribution in [1.82, 2.24) is 0 Å². The van der Waals surface area contributed by atoms with E-state index >= 15 is 0 Å². The van der Waals surface area contributed by atoms with E-state index < -0.39 is 30.3 Å². The minimum Gasteiger partial charge on any atom is -0.465 e. The number of nitriles is 1. The zero-order valence-corrected chi connectivity index (χ0v) is 13.6. The molecule has 132 valence electrons. The van der Waals surface area contributed by atoms with Crippen LogP contribution in [0.4, 0.5) is 10.1 Å². The van der Waals surface area contributed by atoms with E-state index in [1.54, 1.807) is 6.07 Å². The second-order valence-corrected chi connectivity index (χ2v) is 5.00. The summed E-state index contributed by atoms with van der Waals surface area (Å²) in [5.74, 6) is -3.09. The molecule has 0 spiro atoms. The van der Waals surface area contributed by atoms with Gasteiger partial charge >= 0.3 is 11.9 Å². The number of nitrogens with zero attached hydrogens (tertiary/aromatic N) is 1. The molecular weight excluding hydrogens is 343 g/mol. The van der Waals surface area contributed by atoms with E-state index in [0.29, 0.717) is 11.3 Å². The Morgan fingerprint density at radius 1 is 1.12 bits per heavy atom. The first-order valence-electron chi connectivity index (χ1n) is 7.29. The Bertz CT molecular complexity index is 887. The van der Waals surface area contributed by atoms with Crippen LogP contribution in [0, 0.1) is 17.1 Å². The maximum atomic E-state index is 13.7. The molecule has 2 aromatic carbocycles. The average molecular weight is 356 g/mol. The SMILES string of the molecule is COC(=O)c1ccc(NC(=O)COC(=O)c2ccc(C#N)cc2F)cc1. The molecule has 1 amide bonds. The summed E-state index contributed by atoms with van der Waals surface area (Å²) < 4.78 is 23.0. The standard InChI is InChI=1S/C18H13FN2O5/c1-25-17(23)12-3-5-13(6-4-12)21-16(22)10-26-18(24)14-7-2-11(9-20)8-15(14)19/h2-8H,10H2,1H3,(H,21,22). The number of methoxy groups -OCH3 is 1. The number of nitrogens with one attached hydrogen (secondary N) is 1. The van der Waals surface area contributed by atoms with Gasteiger partial charge in [0.2, 0.25) is 0 Å². The second kappa shape index (κ2) is 8.39. The van der Waals surface area contributed by atoms with Gasteiger partial charge in [0.25, 0.3) is 5.91 Å². The maximum Gasteiger partial charge on any atom is 0.341 e. The van der Waals surface area contributed by atoms with Gasteiger partial charge in [0.05, 0.1) is 29.9 Å². The third-order valence-corrected chi connectivity index (χ3v) is 3.24. The Hall–Kier alpha value is -3.73. The fraction of sp³-hybridized carbons (Fsp3) is 0.111. The molecule has 0 aromatic heterocycles. The molecule has 0 bridgehead atoms. The lowest BCUT2D eigenvalue weighted by atomic mass is 10.1. The van der Waals surface area contributed by atoms with Crippen LogP contribution in [0.1, 0.15) is 26.3 Å². The van der Waals surface area contributed by atoms with Crippen molar-refractivity contribution < 1.29 is 28.2 Å². The number of hydrogen-bond donors (Lipinski definition) is 1. The number of carbonyl (C=O) groups is 3. The van der Waals surface area contributed by atoms with Crippen LogP contribution in [-0.4, -0.2) is 31.6 Å². The molecule has 26 heavy (non-hydrogen) atoms. The number of hydrogen-bond acceptors (Lipinski definition) is 6. The number of carbonyl (C=O) groups excluding carboxylic acids is 3.